The van der Waals surface area contributed by atoms with Gasteiger partial charge in [-0.1, -0.05) is 249 Å². The Morgan fingerprint density at radius 2 is 0.894 bits per heavy atom. The van der Waals surface area contributed by atoms with Gasteiger partial charge in [-0.3, -0.25) is 13.8 Å². The molecule has 8 nitrogen and oxygen atoms in total. The number of unbranched alkanes of at least 4 members (excludes halogenated alkanes) is 32. The number of aliphatic hydroxyl groups excluding tert-OH is 1. The molecule has 66 heavy (non-hydrogen) atoms. The van der Waals surface area contributed by atoms with E-state index in [2.05, 4.69) is 48.7 Å². The fraction of sp³-hybridized carbons (Fsp3) is 0.842. The summed E-state index contributed by atoms with van der Waals surface area (Å²) in [5.41, 5.74) is 0. The Bertz CT molecular complexity index is 1210. The van der Waals surface area contributed by atoms with E-state index in [-0.39, 0.29) is 19.1 Å². The van der Waals surface area contributed by atoms with Gasteiger partial charge >= 0.3 is 7.82 Å². The highest BCUT2D eigenvalue weighted by molar-refractivity contribution is 7.47. The van der Waals surface area contributed by atoms with Crippen molar-refractivity contribution in [1.29, 1.82) is 0 Å². The van der Waals surface area contributed by atoms with Crippen LogP contribution in [0.4, 0.5) is 0 Å². The monoisotopic (exact) mass is 950 g/mol. The molecular weight excluding hydrogens is 840 g/mol. The number of quaternary nitrogens is 1. The second-order valence-corrected chi connectivity index (χ2v) is 21.8. The molecule has 0 spiro atoms. The van der Waals surface area contributed by atoms with Crippen molar-refractivity contribution < 1.29 is 32.9 Å². The van der Waals surface area contributed by atoms with E-state index in [0.717, 1.165) is 44.9 Å². The van der Waals surface area contributed by atoms with Crippen LogP contribution < -0.4 is 5.32 Å². The van der Waals surface area contributed by atoms with Gasteiger partial charge in [0.15, 0.2) is 0 Å². The average molecular weight is 950 g/mol. The molecule has 9 heteroatoms. The second kappa shape index (κ2) is 48.5. The van der Waals surface area contributed by atoms with Crippen LogP contribution in [0.15, 0.2) is 48.6 Å². The predicted molar refractivity (Wildman–Crippen MR) is 286 cm³/mol. The van der Waals surface area contributed by atoms with Crippen LogP contribution in [-0.2, 0) is 18.4 Å². The molecule has 0 aliphatic carbocycles. The summed E-state index contributed by atoms with van der Waals surface area (Å²) in [5.74, 6) is -0.186. The highest BCUT2D eigenvalue weighted by Gasteiger charge is 2.27. The van der Waals surface area contributed by atoms with E-state index in [1.54, 1.807) is 6.08 Å². The third-order valence-corrected chi connectivity index (χ3v) is 13.5. The van der Waals surface area contributed by atoms with Crippen molar-refractivity contribution in [2.24, 2.45) is 0 Å². The van der Waals surface area contributed by atoms with Crippen LogP contribution in [0.25, 0.3) is 0 Å². The van der Waals surface area contributed by atoms with Crippen molar-refractivity contribution >= 4 is 13.7 Å². The van der Waals surface area contributed by atoms with Crippen LogP contribution in [0.3, 0.4) is 0 Å². The standard InChI is InChI=1S/C57H109N2O6P/c1-6-8-10-11-12-13-14-15-16-17-18-19-20-21-22-23-24-25-26-27-28-29-30-31-32-33-34-35-36-37-38-39-40-41-42-43-44-45-46-47-49-51-57(61)58-55(56(60)50-48-9-7-2)54-65-66(62,63)64-53-52-59(3,4)5/h14-15,17-18,20-21,48,50,55-56,60H,6-13,16,19,22-47,49,51-54H2,1-5H3,(H-,58,61,62,63)/p+1/b15-14-,18-17-,21-20-,50-48+. The maximum absolute atomic E-state index is 12.7. The minimum absolute atomic E-state index is 0.0607. The van der Waals surface area contributed by atoms with Crippen LogP contribution >= 0.6 is 7.82 Å². The minimum atomic E-state index is -4.31. The number of allylic oxidation sites excluding steroid dienone is 7. The van der Waals surface area contributed by atoms with Crippen molar-refractivity contribution in [1.82, 2.24) is 5.32 Å². The molecule has 0 bridgehead atoms. The Labute approximate surface area is 409 Å². The van der Waals surface area contributed by atoms with Gasteiger partial charge in [0.25, 0.3) is 0 Å². The molecule has 0 rings (SSSR count). The van der Waals surface area contributed by atoms with Crippen LogP contribution in [-0.4, -0.2) is 73.4 Å². The Morgan fingerprint density at radius 1 is 0.515 bits per heavy atom. The molecule has 388 valence electrons. The Morgan fingerprint density at radius 3 is 1.29 bits per heavy atom. The zero-order valence-corrected chi connectivity index (χ0v) is 45.1. The van der Waals surface area contributed by atoms with E-state index in [1.165, 1.54) is 193 Å². The van der Waals surface area contributed by atoms with Gasteiger partial charge in [0.05, 0.1) is 39.9 Å². The van der Waals surface area contributed by atoms with E-state index in [0.29, 0.717) is 17.4 Å². The molecule has 3 unspecified atom stereocenters. The lowest BCUT2D eigenvalue weighted by Crippen LogP contribution is -2.45. The number of nitrogens with zero attached hydrogens (tertiary/aromatic N) is 1. The molecule has 0 saturated carbocycles. The van der Waals surface area contributed by atoms with Gasteiger partial charge in [0, 0.05) is 6.42 Å². The Hall–Kier alpha value is -1.54. The second-order valence-electron chi connectivity index (χ2n) is 20.3. The lowest BCUT2D eigenvalue weighted by atomic mass is 10.0. The first-order valence-corrected chi connectivity index (χ1v) is 29.5. The predicted octanol–water partition coefficient (Wildman–Crippen LogP) is 16.8. The average Bonchev–Trinajstić information content (AvgIpc) is 3.27. The molecule has 0 heterocycles. The van der Waals surface area contributed by atoms with Crippen molar-refractivity contribution in [2.45, 2.75) is 270 Å². The maximum atomic E-state index is 12.7. The Kier molecular flexibility index (Phi) is 47.4. The molecule has 0 aliphatic heterocycles. The highest BCUT2D eigenvalue weighted by Crippen LogP contribution is 2.43. The SMILES string of the molecule is CCC/C=C/C(O)C(COP(=O)(O)OCC[N+](C)(C)C)NC(=O)CCCCCCCCCCCCCCCCCCCCCCCCCCCC/C=C\C/C=C\C/C=C\CCCCCCC. The van der Waals surface area contributed by atoms with Gasteiger partial charge in [-0.2, -0.15) is 0 Å². The summed E-state index contributed by atoms with van der Waals surface area (Å²) < 4.78 is 23.3. The van der Waals surface area contributed by atoms with E-state index < -0.39 is 20.0 Å². The highest BCUT2D eigenvalue weighted by atomic mass is 31.2. The number of phosphoric acid groups is 1. The fourth-order valence-corrected chi connectivity index (χ4v) is 8.85. The molecule has 0 saturated heterocycles. The number of rotatable bonds is 51. The molecule has 3 N–H and O–H groups in total. The number of amides is 1. The van der Waals surface area contributed by atoms with E-state index in [9.17, 15) is 19.4 Å². The number of hydrogen-bond acceptors (Lipinski definition) is 5. The number of carbonyl (C=O) groups is 1. The molecule has 0 aromatic heterocycles. The molecule has 0 aliphatic rings. The third-order valence-electron chi connectivity index (χ3n) is 12.5. The van der Waals surface area contributed by atoms with Gasteiger partial charge in [-0.15, -0.1) is 0 Å². The minimum Gasteiger partial charge on any atom is -0.387 e. The molecule has 0 radical (unpaired) electrons. The van der Waals surface area contributed by atoms with Crippen molar-refractivity contribution in [3.05, 3.63) is 48.6 Å². The smallest absolute Gasteiger partial charge is 0.387 e. The van der Waals surface area contributed by atoms with Gasteiger partial charge in [0.1, 0.15) is 13.2 Å². The van der Waals surface area contributed by atoms with Crippen LogP contribution in [0, 0.1) is 0 Å². The first-order chi connectivity index (χ1) is 32.0. The zero-order chi connectivity index (χ0) is 48.5. The largest absolute Gasteiger partial charge is 0.472 e. The van der Waals surface area contributed by atoms with Crippen LogP contribution in [0.1, 0.15) is 258 Å². The number of likely N-dealkylation sites (N-methyl/N-ethyl adjacent to an activating group) is 1. The summed E-state index contributed by atoms with van der Waals surface area (Å²) in [6.07, 6.45) is 64.9. The number of aliphatic hydroxyl groups is 1. The lowest BCUT2D eigenvalue weighted by Gasteiger charge is -2.25. The molecule has 1 amide bonds. The van der Waals surface area contributed by atoms with Crippen molar-refractivity contribution in [3.63, 3.8) is 0 Å². The summed E-state index contributed by atoms with van der Waals surface area (Å²) in [6, 6.07) is -0.840. The summed E-state index contributed by atoms with van der Waals surface area (Å²) in [6.45, 7) is 4.60. The normalized spacial score (nSPS) is 14.3. The molecule has 0 fully saturated rings. The number of phosphoric ester groups is 1. The van der Waals surface area contributed by atoms with Crippen LogP contribution in [0.5, 0.6) is 0 Å². The van der Waals surface area contributed by atoms with Crippen molar-refractivity contribution in [2.75, 3.05) is 40.9 Å². The topological polar surface area (TPSA) is 105 Å². The first kappa shape index (κ1) is 64.5. The molecule has 3 atom stereocenters. The molecule has 0 aromatic carbocycles. The number of hydrogen-bond donors (Lipinski definition) is 3. The van der Waals surface area contributed by atoms with Crippen molar-refractivity contribution in [3.8, 4) is 0 Å². The summed E-state index contributed by atoms with van der Waals surface area (Å²) >= 11 is 0. The summed E-state index contributed by atoms with van der Waals surface area (Å²) in [7, 11) is 1.57. The lowest BCUT2D eigenvalue weighted by molar-refractivity contribution is -0.870. The fourth-order valence-electron chi connectivity index (χ4n) is 8.12. The van der Waals surface area contributed by atoms with E-state index >= 15 is 0 Å². The molecule has 0 aromatic rings. The molecular formula is C57H110N2O6P+. The quantitative estimate of drug-likeness (QED) is 0.0243. The van der Waals surface area contributed by atoms with E-state index in [1.807, 2.05) is 34.1 Å². The maximum Gasteiger partial charge on any atom is 0.472 e. The summed E-state index contributed by atoms with van der Waals surface area (Å²) in [5, 5.41) is 13.5. The zero-order valence-electron chi connectivity index (χ0n) is 44.2. The van der Waals surface area contributed by atoms with Gasteiger partial charge in [-0.25, -0.2) is 4.57 Å². The van der Waals surface area contributed by atoms with Gasteiger partial charge in [0.2, 0.25) is 5.91 Å². The third kappa shape index (κ3) is 50.3. The first-order valence-electron chi connectivity index (χ1n) is 28.0. The number of carbonyl (C=O) groups excluding carboxylic acids is 1. The summed E-state index contributed by atoms with van der Waals surface area (Å²) in [4.78, 5) is 22.8. The number of nitrogens with one attached hydrogen (secondary N) is 1. The van der Waals surface area contributed by atoms with Crippen LogP contribution in [0.2, 0.25) is 0 Å². The van der Waals surface area contributed by atoms with Gasteiger partial charge < -0.3 is 19.8 Å². The van der Waals surface area contributed by atoms with Gasteiger partial charge in [-0.05, 0) is 51.4 Å². The van der Waals surface area contributed by atoms with E-state index in [4.69, 9.17) is 9.05 Å². The Balaban J connectivity index is 3.59.